The maximum Gasteiger partial charge on any atom is 0.227 e. The highest BCUT2D eigenvalue weighted by molar-refractivity contribution is 5.89. The highest BCUT2D eigenvalue weighted by Gasteiger charge is 2.52. The van der Waals surface area contributed by atoms with Crippen molar-refractivity contribution in [1.29, 1.82) is 0 Å². The van der Waals surface area contributed by atoms with Gasteiger partial charge in [0.25, 0.3) is 0 Å². The molecular formula is C20H24N6O. The predicted octanol–water partition coefficient (Wildman–Crippen LogP) is 2.92. The Bertz CT molecular complexity index is 917. The standard InChI is InChI=1S/C20H24N6O/c1-13-9-18(24-19(22-13)25-7-3-4-8-25)26-12-20(5-6-20)15-11-21-17(10-16(15)26)23-14(2)27/h9-11H,3-8,12H2,1-2H3,(H,21,23,27). The van der Waals surface area contributed by atoms with Crippen molar-refractivity contribution < 1.29 is 4.79 Å². The van der Waals surface area contributed by atoms with Crippen LogP contribution in [0, 0.1) is 6.92 Å². The van der Waals surface area contributed by atoms with Gasteiger partial charge in [0.2, 0.25) is 11.9 Å². The third-order valence-electron chi connectivity index (χ3n) is 5.86. The van der Waals surface area contributed by atoms with Crippen LogP contribution < -0.4 is 15.1 Å². The summed E-state index contributed by atoms with van der Waals surface area (Å²) < 4.78 is 0. The maximum atomic E-state index is 11.5. The van der Waals surface area contributed by atoms with Gasteiger partial charge in [-0.05, 0) is 32.6 Å². The van der Waals surface area contributed by atoms with Crippen LogP contribution in [-0.4, -0.2) is 40.5 Å². The quantitative estimate of drug-likeness (QED) is 0.903. The van der Waals surface area contributed by atoms with Crippen LogP contribution in [0.5, 0.6) is 0 Å². The summed E-state index contributed by atoms with van der Waals surface area (Å²) in [4.78, 5) is 30.0. The highest BCUT2D eigenvalue weighted by Crippen LogP contribution is 2.58. The van der Waals surface area contributed by atoms with Crippen LogP contribution in [0.3, 0.4) is 0 Å². The summed E-state index contributed by atoms with van der Waals surface area (Å²) in [6, 6.07) is 4.04. The number of rotatable bonds is 3. The molecule has 1 saturated carbocycles. The molecule has 0 atom stereocenters. The topological polar surface area (TPSA) is 74.2 Å². The van der Waals surface area contributed by atoms with E-state index >= 15 is 0 Å². The SMILES string of the molecule is CC(=O)Nc1cc2c(cn1)C1(CC1)CN2c1cc(C)nc(N2CCCC2)n1. The van der Waals surface area contributed by atoms with Crippen molar-refractivity contribution in [2.75, 3.05) is 34.8 Å². The number of nitrogens with one attached hydrogen (secondary N) is 1. The molecule has 1 spiro atoms. The van der Waals surface area contributed by atoms with Crippen LogP contribution >= 0.6 is 0 Å². The molecule has 3 aliphatic rings. The Labute approximate surface area is 158 Å². The van der Waals surface area contributed by atoms with E-state index in [-0.39, 0.29) is 11.3 Å². The highest BCUT2D eigenvalue weighted by atomic mass is 16.1. The summed E-state index contributed by atoms with van der Waals surface area (Å²) in [5, 5.41) is 2.80. The Kier molecular flexibility index (Phi) is 3.60. The third kappa shape index (κ3) is 2.81. The molecule has 2 aromatic rings. The molecule has 0 aromatic carbocycles. The number of aromatic nitrogens is 3. The van der Waals surface area contributed by atoms with Crippen molar-refractivity contribution in [3.8, 4) is 0 Å². The molecule has 5 rings (SSSR count). The van der Waals surface area contributed by atoms with Crippen molar-refractivity contribution >= 4 is 29.2 Å². The second kappa shape index (κ2) is 5.90. The number of carbonyl (C=O) groups excluding carboxylic acids is 1. The van der Waals surface area contributed by atoms with E-state index in [9.17, 15) is 4.79 Å². The van der Waals surface area contributed by atoms with Gasteiger partial charge in [-0.2, -0.15) is 4.98 Å². The summed E-state index contributed by atoms with van der Waals surface area (Å²) in [5.74, 6) is 2.25. The fourth-order valence-corrected chi connectivity index (χ4v) is 4.31. The van der Waals surface area contributed by atoms with Gasteiger partial charge in [-0.1, -0.05) is 0 Å². The van der Waals surface area contributed by atoms with Crippen molar-refractivity contribution in [3.63, 3.8) is 0 Å². The number of hydrogen-bond acceptors (Lipinski definition) is 6. The largest absolute Gasteiger partial charge is 0.341 e. The lowest BCUT2D eigenvalue weighted by molar-refractivity contribution is -0.114. The number of amides is 1. The van der Waals surface area contributed by atoms with Gasteiger partial charge in [-0.3, -0.25) is 4.79 Å². The first-order valence-corrected chi connectivity index (χ1v) is 9.70. The molecule has 7 heteroatoms. The van der Waals surface area contributed by atoms with Gasteiger partial charge in [0.1, 0.15) is 11.6 Å². The molecule has 1 amide bonds. The van der Waals surface area contributed by atoms with Crippen molar-refractivity contribution in [3.05, 3.63) is 29.6 Å². The second-order valence-corrected chi connectivity index (χ2v) is 8.00. The molecule has 140 valence electrons. The van der Waals surface area contributed by atoms with Gasteiger partial charge < -0.3 is 15.1 Å². The monoisotopic (exact) mass is 364 g/mol. The number of hydrogen-bond donors (Lipinski definition) is 1. The van der Waals surface area contributed by atoms with Crippen LogP contribution in [0.15, 0.2) is 18.3 Å². The number of fused-ring (bicyclic) bond motifs is 2. The van der Waals surface area contributed by atoms with Gasteiger partial charge in [-0.25, -0.2) is 9.97 Å². The summed E-state index contributed by atoms with van der Waals surface area (Å²) >= 11 is 0. The first-order valence-electron chi connectivity index (χ1n) is 9.70. The molecule has 1 N–H and O–H groups in total. The Hall–Kier alpha value is -2.70. The van der Waals surface area contributed by atoms with E-state index in [4.69, 9.17) is 4.98 Å². The van der Waals surface area contributed by atoms with Crippen LogP contribution in [0.2, 0.25) is 0 Å². The van der Waals surface area contributed by atoms with Crippen molar-refractivity contribution in [2.45, 2.75) is 44.9 Å². The van der Waals surface area contributed by atoms with E-state index < -0.39 is 0 Å². The molecule has 2 aromatic heterocycles. The average molecular weight is 364 g/mol. The van der Waals surface area contributed by atoms with E-state index in [2.05, 4.69) is 31.2 Å². The van der Waals surface area contributed by atoms with Gasteiger partial charge in [-0.15, -0.1) is 0 Å². The second-order valence-electron chi connectivity index (χ2n) is 8.00. The molecule has 27 heavy (non-hydrogen) atoms. The number of nitrogens with zero attached hydrogens (tertiary/aromatic N) is 5. The third-order valence-corrected chi connectivity index (χ3v) is 5.86. The summed E-state index contributed by atoms with van der Waals surface area (Å²) in [5.41, 5.74) is 3.56. The zero-order valence-electron chi connectivity index (χ0n) is 15.8. The minimum Gasteiger partial charge on any atom is -0.341 e. The summed E-state index contributed by atoms with van der Waals surface area (Å²) in [6.45, 7) is 6.51. The van der Waals surface area contributed by atoms with Crippen molar-refractivity contribution in [2.24, 2.45) is 0 Å². The predicted molar refractivity (Wildman–Crippen MR) is 105 cm³/mol. The minimum absolute atomic E-state index is 0.109. The molecule has 0 bridgehead atoms. The van der Waals surface area contributed by atoms with Crippen LogP contribution in [-0.2, 0) is 10.2 Å². The van der Waals surface area contributed by atoms with Gasteiger partial charge >= 0.3 is 0 Å². The van der Waals surface area contributed by atoms with Crippen LogP contribution in [0.4, 0.5) is 23.3 Å². The maximum absolute atomic E-state index is 11.5. The van der Waals surface area contributed by atoms with E-state index in [1.165, 1.54) is 38.2 Å². The molecule has 4 heterocycles. The van der Waals surface area contributed by atoms with Crippen LogP contribution in [0.25, 0.3) is 0 Å². The van der Waals surface area contributed by atoms with E-state index in [1.807, 2.05) is 19.2 Å². The lowest BCUT2D eigenvalue weighted by Gasteiger charge is -2.22. The summed E-state index contributed by atoms with van der Waals surface area (Å²) in [6.07, 6.45) is 6.70. The fourth-order valence-electron chi connectivity index (χ4n) is 4.31. The fraction of sp³-hybridized carbons (Fsp3) is 0.500. The van der Waals surface area contributed by atoms with Crippen molar-refractivity contribution in [1.82, 2.24) is 15.0 Å². The van der Waals surface area contributed by atoms with Gasteiger partial charge in [0, 0.05) is 61.6 Å². The molecule has 7 nitrogen and oxygen atoms in total. The van der Waals surface area contributed by atoms with Crippen LogP contribution in [0.1, 0.15) is 43.9 Å². The Morgan fingerprint density at radius 3 is 2.67 bits per heavy atom. The number of pyridine rings is 1. The Morgan fingerprint density at radius 2 is 1.96 bits per heavy atom. The smallest absolute Gasteiger partial charge is 0.227 e. The Morgan fingerprint density at radius 1 is 1.19 bits per heavy atom. The number of carbonyl (C=O) groups is 1. The van der Waals surface area contributed by atoms with E-state index in [0.29, 0.717) is 5.82 Å². The molecule has 1 aliphatic carbocycles. The molecular weight excluding hydrogens is 340 g/mol. The zero-order chi connectivity index (χ0) is 18.6. The minimum atomic E-state index is -0.109. The molecule has 0 unspecified atom stereocenters. The lowest BCUT2D eigenvalue weighted by atomic mass is 10.0. The number of aryl methyl sites for hydroxylation is 1. The summed E-state index contributed by atoms with van der Waals surface area (Å²) in [7, 11) is 0. The van der Waals surface area contributed by atoms with Gasteiger partial charge in [0.15, 0.2) is 0 Å². The first kappa shape index (κ1) is 16.5. The van der Waals surface area contributed by atoms with E-state index in [1.54, 1.807) is 0 Å². The Balaban J connectivity index is 1.56. The average Bonchev–Trinajstić information content (AvgIpc) is 3.07. The van der Waals surface area contributed by atoms with E-state index in [0.717, 1.165) is 42.8 Å². The number of anilines is 4. The zero-order valence-corrected chi connectivity index (χ0v) is 15.8. The van der Waals surface area contributed by atoms with Gasteiger partial charge in [0.05, 0.1) is 5.69 Å². The molecule has 2 aliphatic heterocycles. The molecule has 1 saturated heterocycles. The normalized spacial score (nSPS) is 19.5. The molecule has 2 fully saturated rings. The first-order chi connectivity index (χ1) is 13.0. The molecule has 0 radical (unpaired) electrons. The lowest BCUT2D eigenvalue weighted by Crippen LogP contribution is -2.24.